The van der Waals surface area contributed by atoms with Crippen molar-refractivity contribution in [3.05, 3.63) is 23.8 Å². The molecule has 0 heterocycles. The molecule has 0 amide bonds. The van der Waals surface area contributed by atoms with Crippen LogP contribution in [0.2, 0.25) is 0 Å². The van der Waals surface area contributed by atoms with Gasteiger partial charge in [-0.25, -0.2) is 4.79 Å². The normalized spacial score (nSPS) is 10.2. The third-order valence-electron chi connectivity index (χ3n) is 2.07. The van der Waals surface area contributed by atoms with Crippen LogP contribution in [-0.2, 0) is 4.74 Å². The molecule has 3 N–H and O–H groups in total. The maximum absolute atomic E-state index is 10.9. The first kappa shape index (κ1) is 13.3. The fourth-order valence-corrected chi connectivity index (χ4v) is 1.30. The van der Waals surface area contributed by atoms with Crippen molar-refractivity contribution in [2.24, 2.45) is 0 Å². The van der Waals surface area contributed by atoms with Crippen molar-refractivity contribution < 1.29 is 19.4 Å². The molecular formula is C12H17NO4. The summed E-state index contributed by atoms with van der Waals surface area (Å²) in [5, 5.41) is 8.96. The molecule has 0 aliphatic carbocycles. The second-order valence-electron chi connectivity index (χ2n) is 3.52. The number of aromatic carboxylic acids is 1. The fraction of sp³-hybridized carbons (Fsp3) is 0.417. The van der Waals surface area contributed by atoms with Crippen LogP contribution in [0.3, 0.4) is 0 Å². The lowest BCUT2D eigenvalue weighted by molar-refractivity contribution is 0.0685. The van der Waals surface area contributed by atoms with E-state index in [-0.39, 0.29) is 5.56 Å². The third-order valence-corrected chi connectivity index (χ3v) is 2.07. The van der Waals surface area contributed by atoms with Crippen molar-refractivity contribution in [3.8, 4) is 5.75 Å². The topological polar surface area (TPSA) is 81.8 Å². The number of hydrogen-bond acceptors (Lipinski definition) is 4. The smallest absolute Gasteiger partial charge is 0.339 e. The molecule has 0 aliphatic heterocycles. The maximum atomic E-state index is 10.9. The van der Waals surface area contributed by atoms with Crippen molar-refractivity contribution in [2.45, 2.75) is 13.3 Å². The molecule has 1 rings (SSSR count). The van der Waals surface area contributed by atoms with Gasteiger partial charge in [-0.1, -0.05) is 6.92 Å². The van der Waals surface area contributed by atoms with Gasteiger partial charge in [-0.05, 0) is 24.6 Å². The van der Waals surface area contributed by atoms with E-state index >= 15 is 0 Å². The third kappa shape index (κ3) is 4.32. The number of benzene rings is 1. The molecule has 0 radical (unpaired) electrons. The Labute approximate surface area is 100 Å². The number of nitrogen functional groups attached to an aromatic ring is 1. The number of ether oxygens (including phenoxy) is 2. The van der Waals surface area contributed by atoms with Crippen LogP contribution in [0.25, 0.3) is 0 Å². The number of carbonyl (C=O) groups is 1. The van der Waals surface area contributed by atoms with E-state index in [1.54, 1.807) is 12.1 Å². The number of anilines is 1. The summed E-state index contributed by atoms with van der Waals surface area (Å²) >= 11 is 0. The molecule has 0 saturated carbocycles. The van der Waals surface area contributed by atoms with E-state index in [1.165, 1.54) is 6.07 Å². The Kier molecular flexibility index (Phi) is 5.29. The molecule has 1 aromatic rings. The number of hydrogen-bond donors (Lipinski definition) is 2. The summed E-state index contributed by atoms with van der Waals surface area (Å²) in [6.45, 7) is 3.46. The zero-order valence-electron chi connectivity index (χ0n) is 9.81. The Morgan fingerprint density at radius 2 is 2.12 bits per heavy atom. The van der Waals surface area contributed by atoms with Gasteiger partial charge < -0.3 is 20.3 Å². The first-order chi connectivity index (χ1) is 8.15. The van der Waals surface area contributed by atoms with Gasteiger partial charge in [0.1, 0.15) is 17.9 Å². The molecule has 0 aliphatic rings. The van der Waals surface area contributed by atoms with Gasteiger partial charge in [0.05, 0.1) is 6.61 Å². The minimum Gasteiger partial charge on any atom is -0.490 e. The quantitative estimate of drug-likeness (QED) is 0.559. The minimum absolute atomic E-state index is 0.0699. The summed E-state index contributed by atoms with van der Waals surface area (Å²) < 4.78 is 10.6. The lowest BCUT2D eigenvalue weighted by Crippen LogP contribution is -2.10. The van der Waals surface area contributed by atoms with E-state index in [0.717, 1.165) is 6.42 Å². The zero-order valence-corrected chi connectivity index (χ0v) is 9.81. The van der Waals surface area contributed by atoms with E-state index in [9.17, 15) is 4.79 Å². The molecule has 0 spiro atoms. The summed E-state index contributed by atoms with van der Waals surface area (Å²) in [4.78, 5) is 10.9. The Morgan fingerprint density at radius 1 is 1.35 bits per heavy atom. The molecule has 0 fully saturated rings. The summed E-state index contributed by atoms with van der Waals surface area (Å²) in [5.74, 6) is -0.742. The van der Waals surface area contributed by atoms with Crippen LogP contribution < -0.4 is 10.5 Å². The van der Waals surface area contributed by atoms with Crippen LogP contribution in [0, 0.1) is 0 Å². The van der Waals surface area contributed by atoms with Crippen LogP contribution in [0.15, 0.2) is 18.2 Å². The molecule has 5 heteroatoms. The predicted molar refractivity (Wildman–Crippen MR) is 64.4 cm³/mol. The summed E-state index contributed by atoms with van der Waals surface area (Å²) in [6.07, 6.45) is 0.947. The molecule has 1 aromatic carbocycles. The van der Waals surface area contributed by atoms with E-state index in [1.807, 2.05) is 6.92 Å². The van der Waals surface area contributed by atoms with Gasteiger partial charge in [0.2, 0.25) is 0 Å². The molecule has 94 valence electrons. The molecule has 0 atom stereocenters. The highest BCUT2D eigenvalue weighted by atomic mass is 16.5. The fourth-order valence-electron chi connectivity index (χ4n) is 1.30. The molecule has 0 bridgehead atoms. The standard InChI is InChI=1S/C12H17NO4/c1-2-5-16-6-7-17-11-4-3-9(13)8-10(11)12(14)15/h3-4,8H,2,5-7,13H2,1H3,(H,14,15). The lowest BCUT2D eigenvalue weighted by Gasteiger charge is -2.09. The Balaban J connectivity index is 2.55. The number of carboxylic acid groups (broad SMARTS) is 1. The summed E-state index contributed by atoms with van der Waals surface area (Å²) in [7, 11) is 0. The largest absolute Gasteiger partial charge is 0.490 e. The predicted octanol–water partition coefficient (Wildman–Crippen LogP) is 1.77. The molecule has 17 heavy (non-hydrogen) atoms. The molecule has 0 unspecified atom stereocenters. The second kappa shape index (κ2) is 6.75. The van der Waals surface area contributed by atoms with Gasteiger partial charge in [-0.15, -0.1) is 0 Å². The van der Waals surface area contributed by atoms with Gasteiger partial charge in [-0.3, -0.25) is 0 Å². The van der Waals surface area contributed by atoms with Crippen LogP contribution >= 0.6 is 0 Å². The summed E-state index contributed by atoms with van der Waals surface area (Å²) in [5.41, 5.74) is 5.99. The lowest BCUT2D eigenvalue weighted by atomic mass is 10.2. The number of carboxylic acids is 1. The second-order valence-corrected chi connectivity index (χ2v) is 3.52. The average molecular weight is 239 g/mol. The number of nitrogens with two attached hydrogens (primary N) is 1. The van der Waals surface area contributed by atoms with Gasteiger partial charge in [0.25, 0.3) is 0 Å². The van der Waals surface area contributed by atoms with Crippen LogP contribution in [-0.4, -0.2) is 30.9 Å². The van der Waals surface area contributed by atoms with E-state index < -0.39 is 5.97 Å². The zero-order chi connectivity index (χ0) is 12.7. The van der Waals surface area contributed by atoms with Crippen molar-refractivity contribution in [2.75, 3.05) is 25.6 Å². The minimum atomic E-state index is -1.05. The van der Waals surface area contributed by atoms with Crippen molar-refractivity contribution >= 4 is 11.7 Å². The Bertz CT molecular complexity index is 379. The summed E-state index contributed by atoms with van der Waals surface area (Å²) in [6, 6.07) is 4.54. The van der Waals surface area contributed by atoms with Crippen molar-refractivity contribution in [3.63, 3.8) is 0 Å². The van der Waals surface area contributed by atoms with Gasteiger partial charge in [0.15, 0.2) is 0 Å². The van der Waals surface area contributed by atoms with Crippen LogP contribution in [0.1, 0.15) is 23.7 Å². The molecule has 0 aromatic heterocycles. The highest BCUT2D eigenvalue weighted by Crippen LogP contribution is 2.21. The van der Waals surface area contributed by atoms with Crippen molar-refractivity contribution in [1.29, 1.82) is 0 Å². The molecular weight excluding hydrogens is 222 g/mol. The molecule has 5 nitrogen and oxygen atoms in total. The SMILES string of the molecule is CCCOCCOc1ccc(N)cc1C(=O)O. The highest BCUT2D eigenvalue weighted by molar-refractivity contribution is 5.92. The maximum Gasteiger partial charge on any atom is 0.339 e. The van der Waals surface area contributed by atoms with Gasteiger partial charge >= 0.3 is 5.97 Å². The first-order valence-electron chi connectivity index (χ1n) is 5.48. The highest BCUT2D eigenvalue weighted by Gasteiger charge is 2.11. The van der Waals surface area contributed by atoms with Gasteiger partial charge in [-0.2, -0.15) is 0 Å². The van der Waals surface area contributed by atoms with E-state index in [0.29, 0.717) is 31.3 Å². The number of rotatable bonds is 7. The Hall–Kier alpha value is -1.75. The first-order valence-corrected chi connectivity index (χ1v) is 5.48. The molecule has 0 saturated heterocycles. The monoisotopic (exact) mass is 239 g/mol. The van der Waals surface area contributed by atoms with Crippen molar-refractivity contribution in [1.82, 2.24) is 0 Å². The average Bonchev–Trinajstić information content (AvgIpc) is 2.30. The Morgan fingerprint density at radius 3 is 2.76 bits per heavy atom. The van der Waals surface area contributed by atoms with E-state index in [2.05, 4.69) is 0 Å². The van der Waals surface area contributed by atoms with Crippen LogP contribution in [0.4, 0.5) is 5.69 Å². The van der Waals surface area contributed by atoms with Gasteiger partial charge in [0, 0.05) is 12.3 Å². The van der Waals surface area contributed by atoms with E-state index in [4.69, 9.17) is 20.3 Å². The van der Waals surface area contributed by atoms with Crippen LogP contribution in [0.5, 0.6) is 5.75 Å².